The molecule has 0 spiro atoms. The first kappa shape index (κ1) is 21.0. The van der Waals surface area contributed by atoms with Crippen molar-refractivity contribution in [1.82, 2.24) is 4.90 Å². The van der Waals surface area contributed by atoms with E-state index in [1.807, 2.05) is 42.5 Å². The van der Waals surface area contributed by atoms with Gasteiger partial charge in [-0.25, -0.2) is 4.79 Å². The predicted molar refractivity (Wildman–Crippen MR) is 131 cm³/mol. The van der Waals surface area contributed by atoms with E-state index in [-0.39, 0.29) is 0 Å². The number of para-hydroxylation sites is 1. The van der Waals surface area contributed by atoms with Crippen LogP contribution in [-0.4, -0.2) is 29.2 Å². The summed E-state index contributed by atoms with van der Waals surface area (Å²) in [6.45, 7) is 1.60. The molecule has 164 valence electrons. The van der Waals surface area contributed by atoms with Crippen molar-refractivity contribution in [2.24, 2.45) is 0 Å². The molecule has 0 aromatic heterocycles. The Morgan fingerprint density at radius 1 is 0.636 bits per heavy atom. The molecule has 33 heavy (non-hydrogen) atoms. The lowest BCUT2D eigenvalue weighted by atomic mass is 9.75. The Labute approximate surface area is 194 Å². The van der Waals surface area contributed by atoms with Gasteiger partial charge in [0.05, 0.1) is 11.2 Å². The van der Waals surface area contributed by atoms with E-state index in [9.17, 15) is 9.90 Å². The van der Waals surface area contributed by atoms with Crippen molar-refractivity contribution in [2.75, 3.05) is 18.0 Å². The average Bonchev–Trinajstić information content (AvgIpc) is 3.07. The molecule has 0 fully saturated rings. The Kier molecular flexibility index (Phi) is 5.68. The first-order valence-corrected chi connectivity index (χ1v) is 11.2. The average molecular weight is 435 g/mol. The van der Waals surface area contributed by atoms with E-state index in [0.717, 1.165) is 27.9 Å². The second-order valence-corrected chi connectivity index (χ2v) is 8.29. The van der Waals surface area contributed by atoms with Crippen molar-refractivity contribution < 1.29 is 9.90 Å². The Bertz CT molecular complexity index is 1130. The SMILES string of the molecule is O=C(O)N1CCN(C(c2ccccc2)(c2ccccc2)c2ccccc2)Cc2ccccc21. The number of hydrogen-bond donors (Lipinski definition) is 1. The van der Waals surface area contributed by atoms with E-state index in [0.29, 0.717) is 19.6 Å². The molecule has 0 saturated heterocycles. The van der Waals surface area contributed by atoms with Gasteiger partial charge in [0, 0.05) is 19.6 Å². The maximum atomic E-state index is 12.1. The lowest BCUT2D eigenvalue weighted by molar-refractivity contribution is 0.153. The van der Waals surface area contributed by atoms with Crippen molar-refractivity contribution in [2.45, 2.75) is 12.1 Å². The van der Waals surface area contributed by atoms with Crippen LogP contribution in [0.25, 0.3) is 0 Å². The minimum absolute atomic E-state index is 0.389. The van der Waals surface area contributed by atoms with Crippen LogP contribution < -0.4 is 4.90 Å². The number of hydrogen-bond acceptors (Lipinski definition) is 2. The number of rotatable bonds is 4. The fraction of sp³-hybridized carbons (Fsp3) is 0.138. The van der Waals surface area contributed by atoms with E-state index in [4.69, 9.17) is 0 Å². The summed E-state index contributed by atoms with van der Waals surface area (Å²) in [5.74, 6) is 0. The Balaban J connectivity index is 1.78. The molecule has 1 aliphatic heterocycles. The molecule has 0 bridgehead atoms. The van der Waals surface area contributed by atoms with Gasteiger partial charge in [-0.15, -0.1) is 0 Å². The summed E-state index contributed by atoms with van der Waals surface area (Å²) in [5.41, 5.74) is 4.65. The number of nitrogens with zero attached hydrogens (tertiary/aromatic N) is 2. The van der Waals surface area contributed by atoms with E-state index in [1.165, 1.54) is 4.90 Å². The number of carbonyl (C=O) groups is 1. The van der Waals surface area contributed by atoms with Crippen LogP contribution in [-0.2, 0) is 12.1 Å². The smallest absolute Gasteiger partial charge is 0.411 e. The lowest BCUT2D eigenvalue weighted by Gasteiger charge is -2.45. The van der Waals surface area contributed by atoms with Gasteiger partial charge in [-0.2, -0.15) is 0 Å². The molecule has 0 aliphatic carbocycles. The number of amides is 1. The molecule has 0 saturated carbocycles. The summed E-state index contributed by atoms with van der Waals surface area (Å²) in [7, 11) is 0. The summed E-state index contributed by atoms with van der Waals surface area (Å²) >= 11 is 0. The normalized spacial score (nSPS) is 14.4. The highest BCUT2D eigenvalue weighted by molar-refractivity contribution is 5.87. The molecule has 4 aromatic carbocycles. The molecule has 4 nitrogen and oxygen atoms in total. The number of anilines is 1. The molecule has 1 heterocycles. The van der Waals surface area contributed by atoms with Crippen LogP contribution in [0.4, 0.5) is 10.5 Å². The molecule has 5 rings (SSSR count). The van der Waals surface area contributed by atoms with Crippen LogP contribution in [0.15, 0.2) is 115 Å². The van der Waals surface area contributed by atoms with Crippen molar-refractivity contribution in [3.63, 3.8) is 0 Å². The largest absolute Gasteiger partial charge is 0.465 e. The van der Waals surface area contributed by atoms with Crippen molar-refractivity contribution >= 4 is 11.8 Å². The van der Waals surface area contributed by atoms with E-state index >= 15 is 0 Å². The minimum atomic E-state index is -0.922. The summed E-state index contributed by atoms with van der Waals surface area (Å²) in [4.78, 5) is 16.0. The molecule has 0 unspecified atom stereocenters. The predicted octanol–water partition coefficient (Wildman–Crippen LogP) is 5.98. The van der Waals surface area contributed by atoms with Crippen LogP contribution in [0.5, 0.6) is 0 Å². The second kappa shape index (κ2) is 8.93. The highest BCUT2D eigenvalue weighted by Crippen LogP contribution is 2.44. The first-order chi connectivity index (χ1) is 16.2. The maximum absolute atomic E-state index is 12.1. The second-order valence-electron chi connectivity index (χ2n) is 8.29. The fourth-order valence-corrected chi connectivity index (χ4v) is 5.10. The van der Waals surface area contributed by atoms with Gasteiger partial charge >= 0.3 is 6.09 Å². The van der Waals surface area contributed by atoms with Gasteiger partial charge < -0.3 is 5.11 Å². The molecule has 1 aliphatic rings. The lowest BCUT2D eigenvalue weighted by Crippen LogP contribution is -2.49. The van der Waals surface area contributed by atoms with Gasteiger partial charge in [-0.1, -0.05) is 109 Å². The zero-order valence-electron chi connectivity index (χ0n) is 18.3. The van der Waals surface area contributed by atoms with Gasteiger partial charge in [0.1, 0.15) is 0 Å². The Hall–Kier alpha value is -3.89. The topological polar surface area (TPSA) is 43.8 Å². The van der Waals surface area contributed by atoms with Gasteiger partial charge in [-0.3, -0.25) is 9.80 Å². The fourth-order valence-electron chi connectivity index (χ4n) is 5.10. The van der Waals surface area contributed by atoms with E-state index < -0.39 is 11.6 Å². The first-order valence-electron chi connectivity index (χ1n) is 11.2. The molecule has 1 N–H and O–H groups in total. The zero-order valence-corrected chi connectivity index (χ0v) is 18.3. The van der Waals surface area contributed by atoms with Crippen molar-refractivity contribution in [1.29, 1.82) is 0 Å². The maximum Gasteiger partial charge on any atom is 0.411 e. The van der Waals surface area contributed by atoms with Crippen LogP contribution in [0.2, 0.25) is 0 Å². The summed E-state index contributed by atoms with van der Waals surface area (Å²) in [6.07, 6.45) is -0.922. The van der Waals surface area contributed by atoms with Crippen molar-refractivity contribution in [3.8, 4) is 0 Å². The molecule has 0 radical (unpaired) electrons. The molecular formula is C29H26N2O2. The molecule has 4 heteroatoms. The monoisotopic (exact) mass is 434 g/mol. The van der Waals surface area contributed by atoms with Crippen LogP contribution >= 0.6 is 0 Å². The highest BCUT2D eigenvalue weighted by atomic mass is 16.4. The molecule has 1 amide bonds. The highest BCUT2D eigenvalue weighted by Gasteiger charge is 2.43. The summed E-state index contributed by atoms with van der Waals surface area (Å²) in [5, 5.41) is 9.96. The molecule has 0 atom stereocenters. The van der Waals surface area contributed by atoms with E-state index in [2.05, 4.69) is 77.7 Å². The van der Waals surface area contributed by atoms with Crippen LogP contribution in [0.3, 0.4) is 0 Å². The number of benzene rings is 4. The van der Waals surface area contributed by atoms with E-state index in [1.54, 1.807) is 0 Å². The van der Waals surface area contributed by atoms with Crippen LogP contribution in [0.1, 0.15) is 22.3 Å². The van der Waals surface area contributed by atoms with Gasteiger partial charge in [0.2, 0.25) is 0 Å². The number of fused-ring (bicyclic) bond motifs is 1. The van der Waals surface area contributed by atoms with Gasteiger partial charge in [0.15, 0.2) is 0 Å². The summed E-state index contributed by atoms with van der Waals surface area (Å²) < 4.78 is 0. The third-order valence-corrected chi connectivity index (χ3v) is 6.52. The van der Waals surface area contributed by atoms with Crippen LogP contribution in [0, 0.1) is 0 Å². The molecule has 4 aromatic rings. The number of carboxylic acid groups (broad SMARTS) is 1. The minimum Gasteiger partial charge on any atom is -0.465 e. The van der Waals surface area contributed by atoms with Gasteiger partial charge in [-0.05, 0) is 28.3 Å². The van der Waals surface area contributed by atoms with Gasteiger partial charge in [0.25, 0.3) is 0 Å². The zero-order chi connectivity index (χ0) is 22.7. The third-order valence-electron chi connectivity index (χ3n) is 6.52. The third kappa shape index (κ3) is 3.69. The Morgan fingerprint density at radius 3 is 1.58 bits per heavy atom. The molecular weight excluding hydrogens is 408 g/mol. The quantitative estimate of drug-likeness (QED) is 0.402. The van der Waals surface area contributed by atoms with Crippen molar-refractivity contribution in [3.05, 3.63) is 138 Å². The summed E-state index contributed by atoms with van der Waals surface area (Å²) in [6, 6.07) is 39.4. The standard InChI is InChI=1S/C29H26N2O2/c32-28(33)31-21-20-30(22-23-12-10-11-19-27(23)31)29(24-13-4-1-5-14-24,25-15-6-2-7-16-25)26-17-8-3-9-18-26/h1-19H,20-22H2,(H,32,33). The Morgan fingerprint density at radius 2 is 1.09 bits per heavy atom.